The molecule has 0 N–H and O–H groups in total. The van der Waals surface area contributed by atoms with Gasteiger partial charge in [0, 0.05) is 25.2 Å². The molecule has 0 aromatic heterocycles. The fourth-order valence-electron chi connectivity index (χ4n) is 4.12. The molecular formula is C17H31N3O. The number of nitrogens with zero attached hydrogens (tertiary/aromatic N) is 3. The molecule has 3 rings (SSSR count). The minimum Gasteiger partial charge on any atom is -0.338 e. The molecule has 0 saturated carbocycles. The van der Waals surface area contributed by atoms with Crippen LogP contribution in [0.2, 0.25) is 0 Å². The monoisotopic (exact) mass is 293 g/mol. The molecule has 1 unspecified atom stereocenters. The quantitative estimate of drug-likeness (QED) is 0.796. The van der Waals surface area contributed by atoms with Gasteiger partial charge in [-0.15, -0.1) is 0 Å². The van der Waals surface area contributed by atoms with E-state index in [0.29, 0.717) is 24.5 Å². The van der Waals surface area contributed by atoms with E-state index in [1.54, 1.807) is 0 Å². The Bertz CT molecular complexity index is 346. The molecule has 3 aliphatic heterocycles. The lowest BCUT2D eigenvalue weighted by atomic mass is 9.97. The summed E-state index contributed by atoms with van der Waals surface area (Å²) in [6, 6.07) is 1.35. The molecule has 0 bridgehead atoms. The molecule has 1 amide bonds. The Kier molecular flexibility index (Phi) is 5.17. The van der Waals surface area contributed by atoms with Crippen LogP contribution in [0.1, 0.15) is 51.9 Å². The third-order valence-electron chi connectivity index (χ3n) is 5.60. The van der Waals surface area contributed by atoms with Crippen molar-refractivity contribution < 1.29 is 4.79 Å². The van der Waals surface area contributed by atoms with Crippen molar-refractivity contribution >= 4 is 5.91 Å². The summed E-state index contributed by atoms with van der Waals surface area (Å²) in [5.41, 5.74) is 0. The Morgan fingerprint density at radius 3 is 2.29 bits per heavy atom. The molecule has 1 atom stereocenters. The maximum absolute atomic E-state index is 12.4. The second-order valence-electron chi connectivity index (χ2n) is 7.23. The zero-order valence-corrected chi connectivity index (χ0v) is 13.6. The summed E-state index contributed by atoms with van der Waals surface area (Å²) in [7, 11) is 0. The Morgan fingerprint density at radius 1 is 0.952 bits per heavy atom. The zero-order valence-electron chi connectivity index (χ0n) is 13.6. The highest BCUT2D eigenvalue weighted by Crippen LogP contribution is 2.24. The first-order valence-corrected chi connectivity index (χ1v) is 9.00. The van der Waals surface area contributed by atoms with Crippen LogP contribution in [0.5, 0.6) is 0 Å². The number of carbonyl (C=O) groups excluding carboxylic acids is 1. The number of rotatable bonds is 3. The van der Waals surface area contributed by atoms with Gasteiger partial charge < -0.3 is 4.90 Å². The summed E-state index contributed by atoms with van der Waals surface area (Å²) in [6.07, 6.45) is 9.25. The molecule has 0 aromatic carbocycles. The van der Waals surface area contributed by atoms with E-state index in [1.807, 2.05) is 0 Å². The highest BCUT2D eigenvalue weighted by Gasteiger charge is 2.37. The van der Waals surface area contributed by atoms with Gasteiger partial charge in [-0.05, 0) is 52.2 Å². The van der Waals surface area contributed by atoms with Gasteiger partial charge >= 0.3 is 0 Å². The topological polar surface area (TPSA) is 26.8 Å². The highest BCUT2D eigenvalue weighted by molar-refractivity contribution is 5.79. The molecule has 0 aliphatic carbocycles. The largest absolute Gasteiger partial charge is 0.338 e. The summed E-state index contributed by atoms with van der Waals surface area (Å²) in [5.74, 6) is 0.359. The number of hydrogen-bond acceptors (Lipinski definition) is 3. The summed E-state index contributed by atoms with van der Waals surface area (Å²) in [6.45, 7) is 8.41. The van der Waals surface area contributed by atoms with E-state index in [-0.39, 0.29) is 0 Å². The van der Waals surface area contributed by atoms with Crippen molar-refractivity contribution in [2.75, 3.05) is 39.3 Å². The van der Waals surface area contributed by atoms with Crippen LogP contribution in [0.25, 0.3) is 0 Å². The van der Waals surface area contributed by atoms with Gasteiger partial charge in [-0.25, -0.2) is 0 Å². The summed E-state index contributed by atoms with van der Waals surface area (Å²) in [5, 5.41) is 0. The first-order valence-electron chi connectivity index (χ1n) is 9.00. The van der Waals surface area contributed by atoms with Gasteiger partial charge in [-0.3, -0.25) is 14.6 Å². The van der Waals surface area contributed by atoms with Crippen LogP contribution < -0.4 is 0 Å². The van der Waals surface area contributed by atoms with Crippen LogP contribution in [0.3, 0.4) is 0 Å². The van der Waals surface area contributed by atoms with Gasteiger partial charge in [-0.2, -0.15) is 0 Å². The van der Waals surface area contributed by atoms with Crippen molar-refractivity contribution in [3.8, 4) is 0 Å². The Hall–Kier alpha value is -0.610. The average Bonchev–Trinajstić information content (AvgIpc) is 2.68. The Morgan fingerprint density at radius 2 is 1.62 bits per heavy atom. The molecular weight excluding hydrogens is 262 g/mol. The molecule has 21 heavy (non-hydrogen) atoms. The smallest absolute Gasteiger partial charge is 0.236 e. The summed E-state index contributed by atoms with van der Waals surface area (Å²) >= 11 is 0. The lowest BCUT2D eigenvalue weighted by Crippen LogP contribution is -2.64. The van der Waals surface area contributed by atoms with Gasteiger partial charge in [0.25, 0.3) is 0 Å². The second-order valence-corrected chi connectivity index (χ2v) is 7.23. The van der Waals surface area contributed by atoms with Crippen LogP contribution in [-0.2, 0) is 4.79 Å². The van der Waals surface area contributed by atoms with Crippen LogP contribution in [-0.4, -0.2) is 72.0 Å². The molecule has 120 valence electrons. The first kappa shape index (κ1) is 15.3. The second kappa shape index (κ2) is 7.10. The number of hydrogen-bond donors (Lipinski definition) is 0. The zero-order chi connectivity index (χ0) is 14.7. The molecule has 0 aromatic rings. The van der Waals surface area contributed by atoms with Crippen LogP contribution in [0.4, 0.5) is 0 Å². The predicted molar refractivity (Wildman–Crippen MR) is 85.3 cm³/mol. The lowest BCUT2D eigenvalue weighted by Gasteiger charge is -2.49. The van der Waals surface area contributed by atoms with E-state index in [9.17, 15) is 4.79 Å². The molecule has 3 heterocycles. The predicted octanol–water partition coefficient (Wildman–Crippen LogP) is 1.95. The lowest BCUT2D eigenvalue weighted by molar-refractivity contribution is -0.141. The van der Waals surface area contributed by atoms with Gasteiger partial charge in [-0.1, -0.05) is 19.3 Å². The number of carbonyl (C=O) groups is 1. The molecule has 0 radical (unpaired) electrons. The van der Waals surface area contributed by atoms with E-state index in [1.165, 1.54) is 51.5 Å². The molecule has 3 saturated heterocycles. The van der Waals surface area contributed by atoms with Gasteiger partial charge in [0.05, 0.1) is 6.54 Å². The van der Waals surface area contributed by atoms with Crippen molar-refractivity contribution in [1.82, 2.24) is 14.7 Å². The minimum absolute atomic E-state index is 0.359. The van der Waals surface area contributed by atoms with Crippen molar-refractivity contribution in [3.05, 3.63) is 0 Å². The van der Waals surface area contributed by atoms with Gasteiger partial charge in [0.15, 0.2) is 0 Å². The van der Waals surface area contributed by atoms with Crippen LogP contribution >= 0.6 is 0 Å². The van der Waals surface area contributed by atoms with Gasteiger partial charge in [0.1, 0.15) is 0 Å². The Balaban J connectivity index is 1.41. The average molecular weight is 293 g/mol. The third-order valence-corrected chi connectivity index (χ3v) is 5.60. The normalized spacial score (nSPS) is 30.0. The van der Waals surface area contributed by atoms with E-state index in [2.05, 4.69) is 21.6 Å². The number of piperidine rings is 1. The first-order chi connectivity index (χ1) is 10.2. The molecule has 3 fully saturated rings. The van der Waals surface area contributed by atoms with E-state index in [0.717, 1.165) is 26.2 Å². The Labute approximate surface area is 129 Å². The molecule has 3 aliphatic rings. The van der Waals surface area contributed by atoms with Crippen molar-refractivity contribution in [1.29, 1.82) is 0 Å². The maximum Gasteiger partial charge on any atom is 0.236 e. The fourth-order valence-corrected chi connectivity index (χ4v) is 4.12. The molecule has 0 spiro atoms. The molecule has 4 heteroatoms. The summed E-state index contributed by atoms with van der Waals surface area (Å²) < 4.78 is 0. The van der Waals surface area contributed by atoms with Crippen LogP contribution in [0, 0.1) is 0 Å². The highest BCUT2D eigenvalue weighted by atomic mass is 16.2. The summed E-state index contributed by atoms with van der Waals surface area (Å²) in [4.78, 5) is 19.5. The van der Waals surface area contributed by atoms with Crippen molar-refractivity contribution in [3.63, 3.8) is 0 Å². The third kappa shape index (κ3) is 3.78. The van der Waals surface area contributed by atoms with E-state index in [4.69, 9.17) is 0 Å². The SMILES string of the molecule is CC1CCCCN1C1CN(C(=O)CN2CCCCCC2)C1. The maximum atomic E-state index is 12.4. The molecule has 4 nitrogen and oxygen atoms in total. The minimum atomic E-state index is 0.359. The standard InChI is InChI=1S/C17H31N3O/c1-15-8-4-7-11-20(15)16-12-19(13-16)17(21)14-18-9-5-2-3-6-10-18/h15-16H,2-14H2,1H3. The van der Waals surface area contributed by atoms with Crippen molar-refractivity contribution in [2.45, 2.75) is 64.0 Å². The van der Waals surface area contributed by atoms with E-state index >= 15 is 0 Å². The van der Waals surface area contributed by atoms with Gasteiger partial charge in [0.2, 0.25) is 5.91 Å². The van der Waals surface area contributed by atoms with Crippen LogP contribution in [0.15, 0.2) is 0 Å². The van der Waals surface area contributed by atoms with E-state index < -0.39 is 0 Å². The number of amides is 1. The number of likely N-dealkylation sites (tertiary alicyclic amines) is 3. The van der Waals surface area contributed by atoms with Crippen molar-refractivity contribution in [2.24, 2.45) is 0 Å². The fraction of sp³-hybridized carbons (Fsp3) is 0.941.